The predicted molar refractivity (Wildman–Crippen MR) is 125 cm³/mol. The number of hydrogen-bond acceptors (Lipinski definition) is 1. The van der Waals surface area contributed by atoms with Crippen molar-refractivity contribution in [2.24, 2.45) is 0 Å². The van der Waals surface area contributed by atoms with E-state index in [1.807, 2.05) is 6.20 Å². The van der Waals surface area contributed by atoms with Gasteiger partial charge in [0.25, 0.3) is 0 Å². The molecule has 1 nitrogen and oxygen atoms in total. The molecule has 0 saturated heterocycles. The number of nitrogens with zero attached hydrogens (tertiary/aromatic N) is 1. The highest BCUT2D eigenvalue weighted by Crippen LogP contribution is 2.19. The number of pyridine rings is 1. The summed E-state index contributed by atoms with van der Waals surface area (Å²) in [5, 5.41) is 0. The lowest BCUT2D eigenvalue weighted by Crippen LogP contribution is -1.94. The minimum absolute atomic E-state index is 1.04. The molecule has 29 heavy (non-hydrogen) atoms. The van der Waals surface area contributed by atoms with Gasteiger partial charge in [0, 0.05) is 11.8 Å². The summed E-state index contributed by atoms with van der Waals surface area (Å²) in [6.45, 7) is 4.50. The lowest BCUT2D eigenvalue weighted by molar-refractivity contribution is 0.717. The van der Waals surface area contributed by atoms with E-state index in [0.29, 0.717) is 0 Å². The zero-order valence-corrected chi connectivity index (χ0v) is 18.2. The van der Waals surface area contributed by atoms with Crippen molar-refractivity contribution in [3.8, 4) is 11.3 Å². The van der Waals surface area contributed by atoms with Crippen LogP contribution in [0.1, 0.15) is 68.2 Å². The zero-order chi connectivity index (χ0) is 20.3. The van der Waals surface area contributed by atoms with Crippen molar-refractivity contribution in [3.63, 3.8) is 0 Å². The summed E-state index contributed by atoms with van der Waals surface area (Å²) < 4.78 is 0. The van der Waals surface area contributed by atoms with E-state index in [-0.39, 0.29) is 0 Å². The minimum Gasteiger partial charge on any atom is -0.256 e. The molecule has 0 saturated carbocycles. The third kappa shape index (κ3) is 6.85. The summed E-state index contributed by atoms with van der Waals surface area (Å²) in [5.74, 6) is 0. The standard InChI is InChI=1S/C28H35N/c1-3-5-7-9-24-10-12-25(13-11-24)14-15-26-18-21-28(29-22-26)27-19-16-23(17-20-27)8-6-4-2/h10-13,16-22H,3-9,14-15H2,1-2H3. The Labute approximate surface area is 177 Å². The zero-order valence-electron chi connectivity index (χ0n) is 18.2. The molecule has 1 aromatic heterocycles. The Bertz CT molecular complexity index is 829. The average molecular weight is 386 g/mol. The third-order valence-electron chi connectivity index (χ3n) is 5.69. The van der Waals surface area contributed by atoms with Crippen LogP contribution in [0.25, 0.3) is 11.3 Å². The van der Waals surface area contributed by atoms with Crippen LogP contribution in [-0.2, 0) is 25.7 Å². The monoisotopic (exact) mass is 385 g/mol. The van der Waals surface area contributed by atoms with Crippen LogP contribution in [0.2, 0.25) is 0 Å². The van der Waals surface area contributed by atoms with Gasteiger partial charge >= 0.3 is 0 Å². The quantitative estimate of drug-likeness (QED) is 0.309. The van der Waals surface area contributed by atoms with Crippen LogP contribution < -0.4 is 0 Å². The fourth-order valence-electron chi connectivity index (χ4n) is 3.71. The summed E-state index contributed by atoms with van der Waals surface area (Å²) in [5.41, 5.74) is 7.87. The molecule has 0 spiro atoms. The van der Waals surface area contributed by atoms with E-state index in [4.69, 9.17) is 4.98 Å². The van der Waals surface area contributed by atoms with Gasteiger partial charge in [-0.05, 0) is 66.8 Å². The van der Waals surface area contributed by atoms with Gasteiger partial charge in [-0.15, -0.1) is 0 Å². The maximum atomic E-state index is 4.71. The van der Waals surface area contributed by atoms with Crippen LogP contribution in [0.5, 0.6) is 0 Å². The van der Waals surface area contributed by atoms with Gasteiger partial charge in [-0.1, -0.05) is 87.7 Å². The van der Waals surface area contributed by atoms with Crippen LogP contribution in [-0.4, -0.2) is 4.98 Å². The summed E-state index contributed by atoms with van der Waals surface area (Å²) in [7, 11) is 0. The Morgan fingerprint density at radius 3 is 1.62 bits per heavy atom. The second-order valence-electron chi connectivity index (χ2n) is 8.13. The van der Waals surface area contributed by atoms with Gasteiger partial charge in [-0.3, -0.25) is 4.98 Å². The van der Waals surface area contributed by atoms with E-state index in [1.165, 1.54) is 72.8 Å². The molecule has 0 aliphatic rings. The molecule has 0 bridgehead atoms. The molecule has 0 unspecified atom stereocenters. The lowest BCUT2D eigenvalue weighted by Gasteiger charge is -2.07. The molecule has 0 atom stereocenters. The fourth-order valence-corrected chi connectivity index (χ4v) is 3.71. The number of aromatic nitrogens is 1. The van der Waals surface area contributed by atoms with Crippen molar-refractivity contribution in [1.29, 1.82) is 0 Å². The molecule has 3 rings (SSSR count). The Morgan fingerprint density at radius 1 is 0.517 bits per heavy atom. The first kappa shape index (κ1) is 21.3. The summed E-state index contributed by atoms with van der Waals surface area (Å²) in [6, 6.07) is 22.5. The molecule has 1 heterocycles. The van der Waals surface area contributed by atoms with E-state index >= 15 is 0 Å². The number of aryl methyl sites for hydroxylation is 4. The molecule has 0 amide bonds. The van der Waals surface area contributed by atoms with Crippen molar-refractivity contribution < 1.29 is 0 Å². The van der Waals surface area contributed by atoms with Crippen molar-refractivity contribution in [3.05, 3.63) is 89.1 Å². The molecule has 0 fully saturated rings. The van der Waals surface area contributed by atoms with Gasteiger partial charge in [0.05, 0.1) is 5.69 Å². The van der Waals surface area contributed by atoms with Crippen LogP contribution in [0, 0.1) is 0 Å². The summed E-state index contributed by atoms with van der Waals surface area (Å²) in [4.78, 5) is 4.71. The fraction of sp³-hybridized carbons (Fsp3) is 0.393. The van der Waals surface area contributed by atoms with Gasteiger partial charge in [-0.25, -0.2) is 0 Å². The van der Waals surface area contributed by atoms with Gasteiger partial charge in [0.2, 0.25) is 0 Å². The maximum absolute atomic E-state index is 4.71. The molecule has 152 valence electrons. The largest absolute Gasteiger partial charge is 0.256 e. The molecular formula is C28H35N. The van der Waals surface area contributed by atoms with E-state index in [1.54, 1.807) is 0 Å². The molecule has 0 aliphatic heterocycles. The van der Waals surface area contributed by atoms with Gasteiger partial charge in [0.15, 0.2) is 0 Å². The van der Waals surface area contributed by atoms with Gasteiger partial charge in [0.1, 0.15) is 0 Å². The molecule has 0 N–H and O–H groups in total. The summed E-state index contributed by atoms with van der Waals surface area (Å²) >= 11 is 0. The topological polar surface area (TPSA) is 12.9 Å². The van der Waals surface area contributed by atoms with Gasteiger partial charge in [-0.2, -0.15) is 0 Å². The van der Waals surface area contributed by atoms with Crippen molar-refractivity contribution >= 4 is 0 Å². The predicted octanol–water partition coefficient (Wildman–Crippen LogP) is 7.61. The molecule has 1 heteroatoms. The smallest absolute Gasteiger partial charge is 0.0702 e. The molecular weight excluding hydrogens is 350 g/mol. The van der Waals surface area contributed by atoms with Crippen molar-refractivity contribution in [1.82, 2.24) is 4.98 Å². The molecule has 0 radical (unpaired) electrons. The number of hydrogen-bond donors (Lipinski definition) is 0. The Morgan fingerprint density at radius 2 is 1.03 bits per heavy atom. The first-order chi connectivity index (χ1) is 14.3. The second kappa shape index (κ2) is 11.6. The average Bonchev–Trinajstić information content (AvgIpc) is 2.78. The van der Waals surface area contributed by atoms with E-state index in [0.717, 1.165) is 18.5 Å². The minimum atomic E-state index is 1.04. The van der Waals surface area contributed by atoms with Crippen molar-refractivity contribution in [2.45, 2.75) is 71.6 Å². The van der Waals surface area contributed by atoms with Crippen molar-refractivity contribution in [2.75, 3.05) is 0 Å². The number of rotatable bonds is 11. The normalized spacial score (nSPS) is 11.0. The highest BCUT2D eigenvalue weighted by atomic mass is 14.7. The first-order valence-corrected chi connectivity index (χ1v) is 11.4. The summed E-state index contributed by atoms with van der Waals surface area (Å²) in [6.07, 6.45) is 12.9. The highest BCUT2D eigenvalue weighted by Gasteiger charge is 2.02. The highest BCUT2D eigenvalue weighted by molar-refractivity contribution is 5.59. The lowest BCUT2D eigenvalue weighted by atomic mass is 10.0. The Balaban J connectivity index is 1.51. The van der Waals surface area contributed by atoms with Gasteiger partial charge < -0.3 is 0 Å². The van der Waals surface area contributed by atoms with E-state index in [2.05, 4.69) is 74.5 Å². The Kier molecular flexibility index (Phi) is 8.49. The second-order valence-corrected chi connectivity index (χ2v) is 8.13. The molecule has 0 aliphatic carbocycles. The van der Waals surface area contributed by atoms with Crippen LogP contribution >= 0.6 is 0 Å². The third-order valence-corrected chi connectivity index (χ3v) is 5.69. The van der Waals surface area contributed by atoms with Crippen LogP contribution in [0.3, 0.4) is 0 Å². The van der Waals surface area contributed by atoms with Crippen LogP contribution in [0.4, 0.5) is 0 Å². The SMILES string of the molecule is CCCCCc1ccc(CCc2ccc(-c3ccc(CCCC)cc3)nc2)cc1. The first-order valence-electron chi connectivity index (χ1n) is 11.4. The van der Waals surface area contributed by atoms with E-state index < -0.39 is 0 Å². The van der Waals surface area contributed by atoms with Crippen LogP contribution in [0.15, 0.2) is 66.9 Å². The molecule has 2 aromatic carbocycles. The molecule has 3 aromatic rings. The maximum Gasteiger partial charge on any atom is 0.0702 e. The Hall–Kier alpha value is -2.41. The number of benzene rings is 2. The van der Waals surface area contributed by atoms with E-state index in [9.17, 15) is 0 Å². The number of unbranched alkanes of at least 4 members (excludes halogenated alkanes) is 3.